The number of hydrogen-bond acceptors (Lipinski definition) is 6. The van der Waals surface area contributed by atoms with Gasteiger partial charge in [-0.15, -0.1) is 11.8 Å². The molecule has 4 aromatic carbocycles. The Hall–Kier alpha value is -3.78. The molecule has 0 saturated carbocycles. The third kappa shape index (κ3) is 4.64. The lowest BCUT2D eigenvalue weighted by Crippen LogP contribution is -2.72. The highest BCUT2D eigenvalue weighted by molar-refractivity contribution is 8.06. The van der Waals surface area contributed by atoms with E-state index < -0.39 is 17.6 Å². The lowest BCUT2D eigenvalue weighted by Gasteiger charge is -2.53. The SMILES string of the molecule is COC(=O)C1=C(Sc2ccccc2)CS[C@@H]2[C@H](NC(c3ccccc3)(c3ccccc3)c3ccccc3)C(=O)N12. The average molecular weight is 565 g/mol. The van der Waals surface area contributed by atoms with Crippen molar-refractivity contribution in [3.8, 4) is 0 Å². The van der Waals surface area contributed by atoms with Crippen LogP contribution in [0.3, 0.4) is 0 Å². The summed E-state index contributed by atoms with van der Waals surface area (Å²) in [5, 5.41) is 3.56. The molecule has 40 heavy (non-hydrogen) atoms. The molecule has 1 fully saturated rings. The molecule has 2 aliphatic heterocycles. The molecule has 0 unspecified atom stereocenters. The van der Waals surface area contributed by atoms with Crippen molar-refractivity contribution in [2.24, 2.45) is 0 Å². The van der Waals surface area contributed by atoms with Crippen LogP contribution in [0.15, 0.2) is 137 Å². The summed E-state index contributed by atoms with van der Waals surface area (Å²) < 4.78 is 5.17. The van der Waals surface area contributed by atoms with Crippen LogP contribution in [-0.2, 0) is 19.9 Å². The van der Waals surface area contributed by atoms with E-state index in [2.05, 4.69) is 41.7 Å². The van der Waals surface area contributed by atoms with Crippen molar-refractivity contribution >= 4 is 35.4 Å². The van der Waals surface area contributed by atoms with Crippen molar-refractivity contribution in [3.05, 3.63) is 149 Å². The van der Waals surface area contributed by atoms with Gasteiger partial charge in [0.15, 0.2) is 0 Å². The Morgan fingerprint density at radius 3 is 1.77 bits per heavy atom. The number of rotatable bonds is 8. The number of ether oxygens (including phenoxy) is 1. The molecule has 2 aliphatic rings. The number of methoxy groups -OCH3 is 1. The minimum atomic E-state index is -0.787. The van der Waals surface area contributed by atoms with E-state index in [0.29, 0.717) is 11.4 Å². The van der Waals surface area contributed by atoms with Crippen LogP contribution in [0.4, 0.5) is 0 Å². The van der Waals surface area contributed by atoms with Gasteiger partial charge >= 0.3 is 5.97 Å². The molecule has 2 heterocycles. The molecule has 0 spiro atoms. The van der Waals surface area contributed by atoms with Crippen molar-refractivity contribution < 1.29 is 14.3 Å². The molecule has 5 nitrogen and oxygen atoms in total. The highest BCUT2D eigenvalue weighted by Gasteiger charge is 2.56. The molecule has 1 N–H and O–H groups in total. The van der Waals surface area contributed by atoms with E-state index in [-0.39, 0.29) is 11.3 Å². The first-order chi connectivity index (χ1) is 19.6. The Morgan fingerprint density at radius 2 is 1.30 bits per heavy atom. The van der Waals surface area contributed by atoms with E-state index in [1.807, 2.05) is 84.9 Å². The molecule has 0 aliphatic carbocycles. The Kier molecular flexibility index (Phi) is 7.52. The Balaban J connectivity index is 1.42. The van der Waals surface area contributed by atoms with Crippen molar-refractivity contribution in [2.45, 2.75) is 21.9 Å². The minimum Gasteiger partial charge on any atom is -0.464 e. The summed E-state index contributed by atoms with van der Waals surface area (Å²) in [6.07, 6.45) is 0. The van der Waals surface area contributed by atoms with Gasteiger partial charge in [0, 0.05) is 15.6 Å². The summed E-state index contributed by atoms with van der Waals surface area (Å²) in [7, 11) is 1.36. The monoisotopic (exact) mass is 564 g/mol. The number of β-lactam (4-membered cyclic amide) rings is 1. The van der Waals surface area contributed by atoms with Crippen molar-refractivity contribution in [1.82, 2.24) is 10.2 Å². The smallest absolute Gasteiger partial charge is 0.355 e. The fourth-order valence-electron chi connectivity index (χ4n) is 5.43. The zero-order valence-corrected chi connectivity index (χ0v) is 23.5. The topological polar surface area (TPSA) is 58.6 Å². The summed E-state index contributed by atoms with van der Waals surface area (Å²) in [6, 6.07) is 40.0. The van der Waals surface area contributed by atoms with Crippen LogP contribution in [-0.4, -0.2) is 41.1 Å². The number of fused-ring (bicyclic) bond motifs is 1. The third-order valence-electron chi connectivity index (χ3n) is 7.29. The highest BCUT2D eigenvalue weighted by Crippen LogP contribution is 2.47. The van der Waals surface area contributed by atoms with E-state index in [4.69, 9.17) is 4.74 Å². The average Bonchev–Trinajstić information content (AvgIpc) is 3.03. The molecular weight excluding hydrogens is 537 g/mol. The Bertz CT molecular complexity index is 1430. The van der Waals surface area contributed by atoms with Gasteiger partial charge in [-0.3, -0.25) is 15.0 Å². The number of carbonyl (C=O) groups excluding carboxylic acids is 2. The number of hydrogen-bond donors (Lipinski definition) is 1. The van der Waals surface area contributed by atoms with Crippen LogP contribution < -0.4 is 5.32 Å². The minimum absolute atomic E-state index is 0.143. The lowest BCUT2D eigenvalue weighted by molar-refractivity contribution is -0.150. The predicted octanol–water partition coefficient (Wildman–Crippen LogP) is 6.03. The highest BCUT2D eigenvalue weighted by atomic mass is 32.2. The number of thioether (sulfide) groups is 2. The molecule has 1 amide bonds. The van der Waals surface area contributed by atoms with Crippen LogP contribution >= 0.6 is 23.5 Å². The first kappa shape index (κ1) is 26.4. The largest absolute Gasteiger partial charge is 0.464 e. The number of esters is 1. The second-order valence-corrected chi connectivity index (χ2v) is 11.8. The first-order valence-electron chi connectivity index (χ1n) is 13.1. The molecule has 0 bridgehead atoms. The quantitative estimate of drug-likeness (QED) is 0.160. The van der Waals surface area contributed by atoms with Gasteiger partial charge < -0.3 is 4.74 Å². The van der Waals surface area contributed by atoms with Crippen molar-refractivity contribution in [3.63, 3.8) is 0 Å². The maximum atomic E-state index is 14.0. The molecule has 0 aromatic heterocycles. The van der Waals surface area contributed by atoms with Gasteiger partial charge in [-0.05, 0) is 28.8 Å². The van der Waals surface area contributed by atoms with Crippen LogP contribution in [0.5, 0.6) is 0 Å². The van der Waals surface area contributed by atoms with Crippen LogP contribution in [0, 0.1) is 0 Å². The normalized spacial score (nSPS) is 18.6. The Morgan fingerprint density at radius 1 is 0.825 bits per heavy atom. The number of nitrogens with one attached hydrogen (secondary N) is 1. The zero-order chi connectivity index (χ0) is 27.5. The van der Waals surface area contributed by atoms with Gasteiger partial charge in [-0.2, -0.15) is 0 Å². The van der Waals surface area contributed by atoms with E-state index in [0.717, 1.165) is 26.5 Å². The molecule has 2 atom stereocenters. The summed E-state index contributed by atoms with van der Waals surface area (Å²) >= 11 is 3.17. The molecule has 7 heteroatoms. The summed E-state index contributed by atoms with van der Waals surface area (Å²) in [5.41, 5.74) is 2.65. The second-order valence-electron chi connectivity index (χ2n) is 9.56. The van der Waals surface area contributed by atoms with E-state index in [1.165, 1.54) is 18.9 Å². The zero-order valence-electron chi connectivity index (χ0n) is 21.9. The standard InChI is InChI=1S/C33H28N2O3S2/c1-38-32(37)29-27(40-26-20-12-5-13-21-26)22-39-31-28(30(36)35(29)31)34-33(23-14-6-2-7-15-23,24-16-8-3-9-17-24)25-18-10-4-11-19-25/h2-21,28,31,34H,22H2,1H3/t28-,31-/m1/s1. The van der Waals surface area contributed by atoms with Gasteiger partial charge in [-0.25, -0.2) is 4.79 Å². The van der Waals surface area contributed by atoms with Gasteiger partial charge in [0.05, 0.1) is 12.6 Å². The molecular formula is C33H28N2O3S2. The summed E-state index contributed by atoms with van der Waals surface area (Å²) in [6.45, 7) is 0. The molecule has 6 rings (SSSR count). The maximum Gasteiger partial charge on any atom is 0.355 e. The van der Waals surface area contributed by atoms with E-state index in [1.54, 1.807) is 16.7 Å². The fraction of sp³-hybridized carbons (Fsp3) is 0.152. The number of nitrogens with zero attached hydrogens (tertiary/aromatic N) is 1. The number of benzene rings is 4. The maximum absolute atomic E-state index is 14.0. The summed E-state index contributed by atoms with van der Waals surface area (Å²) in [4.78, 5) is 30.5. The third-order valence-corrected chi connectivity index (χ3v) is 9.84. The van der Waals surface area contributed by atoms with Crippen LogP contribution in [0.2, 0.25) is 0 Å². The van der Waals surface area contributed by atoms with E-state index >= 15 is 0 Å². The van der Waals surface area contributed by atoms with Crippen molar-refractivity contribution in [1.29, 1.82) is 0 Å². The number of carbonyl (C=O) groups is 2. The molecule has 200 valence electrons. The lowest BCUT2D eigenvalue weighted by atomic mass is 9.76. The van der Waals surface area contributed by atoms with Gasteiger partial charge in [0.1, 0.15) is 17.1 Å². The van der Waals surface area contributed by atoms with Gasteiger partial charge in [0.25, 0.3) is 0 Å². The molecule has 4 aromatic rings. The Labute approximate surface area is 242 Å². The van der Waals surface area contributed by atoms with Gasteiger partial charge in [-0.1, -0.05) is 121 Å². The predicted molar refractivity (Wildman–Crippen MR) is 161 cm³/mol. The van der Waals surface area contributed by atoms with E-state index in [9.17, 15) is 9.59 Å². The van der Waals surface area contributed by atoms with Gasteiger partial charge in [0.2, 0.25) is 5.91 Å². The second kappa shape index (κ2) is 11.4. The first-order valence-corrected chi connectivity index (χ1v) is 14.9. The molecule has 1 saturated heterocycles. The molecule has 0 radical (unpaired) electrons. The van der Waals surface area contributed by atoms with Crippen LogP contribution in [0.25, 0.3) is 0 Å². The van der Waals surface area contributed by atoms with Crippen LogP contribution in [0.1, 0.15) is 16.7 Å². The van der Waals surface area contributed by atoms with Crippen molar-refractivity contribution in [2.75, 3.05) is 12.9 Å². The number of amides is 1. The summed E-state index contributed by atoms with van der Waals surface area (Å²) in [5.74, 6) is -0.0297. The fourth-order valence-corrected chi connectivity index (χ4v) is 7.92.